The van der Waals surface area contributed by atoms with Gasteiger partial charge in [-0.15, -0.1) is 0 Å². The first kappa shape index (κ1) is 13.4. The molecular formula is C15H29NO. The molecule has 17 heavy (non-hydrogen) atoms. The monoisotopic (exact) mass is 239 g/mol. The second-order valence-electron chi connectivity index (χ2n) is 6.04. The molecule has 2 rings (SSSR count). The third-order valence-corrected chi connectivity index (χ3v) is 4.63. The Morgan fingerprint density at radius 2 is 1.88 bits per heavy atom. The molecule has 2 aliphatic rings. The lowest BCUT2D eigenvalue weighted by atomic mass is 9.69. The molecule has 0 aromatic carbocycles. The van der Waals surface area contributed by atoms with E-state index in [0.717, 1.165) is 31.1 Å². The number of fused-ring (bicyclic) bond motifs is 1. The van der Waals surface area contributed by atoms with E-state index in [4.69, 9.17) is 4.74 Å². The molecule has 4 unspecified atom stereocenters. The standard InChI is InChI=1S/C15H29NO/c1-3-17-11-12(2)16-15-9-8-13-6-4-5-7-14(13)10-15/h12-16H,3-11H2,1-2H3. The molecule has 4 atom stereocenters. The second-order valence-corrected chi connectivity index (χ2v) is 6.04. The van der Waals surface area contributed by atoms with E-state index in [2.05, 4.69) is 19.2 Å². The molecular weight excluding hydrogens is 210 g/mol. The Labute approximate surface area is 107 Å². The summed E-state index contributed by atoms with van der Waals surface area (Å²) in [5.74, 6) is 2.08. The summed E-state index contributed by atoms with van der Waals surface area (Å²) in [7, 11) is 0. The van der Waals surface area contributed by atoms with E-state index in [1.807, 2.05) is 0 Å². The van der Waals surface area contributed by atoms with Gasteiger partial charge in [0.15, 0.2) is 0 Å². The molecule has 2 heteroatoms. The number of ether oxygens (including phenoxy) is 1. The van der Waals surface area contributed by atoms with Gasteiger partial charge in [-0.1, -0.05) is 25.7 Å². The van der Waals surface area contributed by atoms with E-state index in [0.29, 0.717) is 6.04 Å². The predicted molar refractivity (Wildman–Crippen MR) is 72.2 cm³/mol. The first-order valence-corrected chi connectivity index (χ1v) is 7.63. The topological polar surface area (TPSA) is 21.3 Å². The minimum atomic E-state index is 0.514. The van der Waals surface area contributed by atoms with Crippen LogP contribution in [0, 0.1) is 11.8 Å². The molecule has 0 spiro atoms. The third kappa shape index (κ3) is 3.96. The molecule has 1 N–H and O–H groups in total. The zero-order chi connectivity index (χ0) is 12.1. The van der Waals surface area contributed by atoms with Crippen LogP contribution in [-0.4, -0.2) is 25.3 Å². The van der Waals surface area contributed by atoms with E-state index in [1.54, 1.807) is 0 Å². The van der Waals surface area contributed by atoms with Crippen molar-refractivity contribution in [2.45, 2.75) is 70.9 Å². The number of hydrogen-bond donors (Lipinski definition) is 1. The van der Waals surface area contributed by atoms with Gasteiger partial charge in [0.2, 0.25) is 0 Å². The number of hydrogen-bond acceptors (Lipinski definition) is 2. The first-order chi connectivity index (χ1) is 8.29. The highest BCUT2D eigenvalue weighted by molar-refractivity contribution is 4.87. The van der Waals surface area contributed by atoms with Crippen LogP contribution in [-0.2, 0) is 4.74 Å². The van der Waals surface area contributed by atoms with E-state index in [-0.39, 0.29) is 0 Å². The van der Waals surface area contributed by atoms with E-state index in [1.165, 1.54) is 44.9 Å². The average molecular weight is 239 g/mol. The summed E-state index contributed by atoms with van der Waals surface area (Å²) in [5, 5.41) is 3.76. The highest BCUT2D eigenvalue weighted by Gasteiger charge is 2.32. The van der Waals surface area contributed by atoms with Crippen LogP contribution in [0.4, 0.5) is 0 Å². The van der Waals surface area contributed by atoms with Crippen LogP contribution < -0.4 is 5.32 Å². The van der Waals surface area contributed by atoms with Crippen molar-refractivity contribution in [3.05, 3.63) is 0 Å². The van der Waals surface area contributed by atoms with E-state index in [9.17, 15) is 0 Å². The summed E-state index contributed by atoms with van der Waals surface area (Å²) in [6.07, 6.45) is 10.2. The Hall–Kier alpha value is -0.0800. The molecule has 0 bridgehead atoms. The van der Waals surface area contributed by atoms with Gasteiger partial charge < -0.3 is 10.1 Å². The maximum Gasteiger partial charge on any atom is 0.0616 e. The summed E-state index contributed by atoms with van der Waals surface area (Å²) < 4.78 is 5.48. The molecule has 0 radical (unpaired) electrons. The molecule has 2 saturated carbocycles. The molecule has 0 heterocycles. The zero-order valence-corrected chi connectivity index (χ0v) is 11.6. The summed E-state index contributed by atoms with van der Waals surface area (Å²) in [5.41, 5.74) is 0. The van der Waals surface area contributed by atoms with Crippen molar-refractivity contribution in [3.8, 4) is 0 Å². The van der Waals surface area contributed by atoms with Crippen LogP contribution in [0.15, 0.2) is 0 Å². The Bertz CT molecular complexity index is 219. The quantitative estimate of drug-likeness (QED) is 0.794. The largest absolute Gasteiger partial charge is 0.380 e. The summed E-state index contributed by atoms with van der Waals surface area (Å²) in [6, 6.07) is 1.27. The van der Waals surface area contributed by atoms with Crippen molar-refractivity contribution >= 4 is 0 Å². The predicted octanol–water partition coefficient (Wildman–Crippen LogP) is 3.36. The van der Waals surface area contributed by atoms with Crippen LogP contribution in [0.2, 0.25) is 0 Å². The summed E-state index contributed by atoms with van der Waals surface area (Å²) in [4.78, 5) is 0. The van der Waals surface area contributed by atoms with Gasteiger partial charge in [-0.3, -0.25) is 0 Å². The maximum atomic E-state index is 5.48. The molecule has 0 saturated heterocycles. The molecule has 2 aliphatic carbocycles. The lowest BCUT2D eigenvalue weighted by Gasteiger charge is -2.40. The lowest BCUT2D eigenvalue weighted by Crippen LogP contribution is -2.44. The van der Waals surface area contributed by atoms with Gasteiger partial charge in [-0.25, -0.2) is 0 Å². The molecule has 0 aromatic rings. The van der Waals surface area contributed by atoms with Gasteiger partial charge >= 0.3 is 0 Å². The molecule has 2 nitrogen and oxygen atoms in total. The highest BCUT2D eigenvalue weighted by Crippen LogP contribution is 2.40. The smallest absolute Gasteiger partial charge is 0.0616 e. The summed E-state index contributed by atoms with van der Waals surface area (Å²) >= 11 is 0. The SMILES string of the molecule is CCOCC(C)NC1CCC2CCCCC2C1. The normalized spacial score (nSPS) is 35.3. The fourth-order valence-corrected chi connectivity index (χ4v) is 3.77. The number of rotatable bonds is 5. The average Bonchev–Trinajstić information content (AvgIpc) is 2.36. The summed E-state index contributed by atoms with van der Waals surface area (Å²) in [6.45, 7) is 6.02. The molecule has 0 aromatic heterocycles. The molecule has 100 valence electrons. The van der Waals surface area contributed by atoms with Crippen LogP contribution in [0.25, 0.3) is 0 Å². The Kier molecular flexibility index (Phi) is 5.30. The van der Waals surface area contributed by atoms with Crippen LogP contribution in [0.5, 0.6) is 0 Å². The van der Waals surface area contributed by atoms with Gasteiger partial charge in [0.1, 0.15) is 0 Å². The van der Waals surface area contributed by atoms with Crippen molar-refractivity contribution in [2.24, 2.45) is 11.8 Å². The Balaban J connectivity index is 1.71. The Morgan fingerprint density at radius 3 is 2.65 bits per heavy atom. The van der Waals surface area contributed by atoms with Crippen molar-refractivity contribution in [1.29, 1.82) is 0 Å². The minimum Gasteiger partial charge on any atom is -0.380 e. The van der Waals surface area contributed by atoms with Crippen molar-refractivity contribution in [1.82, 2.24) is 5.32 Å². The van der Waals surface area contributed by atoms with Crippen molar-refractivity contribution in [3.63, 3.8) is 0 Å². The van der Waals surface area contributed by atoms with Crippen LogP contribution >= 0.6 is 0 Å². The van der Waals surface area contributed by atoms with Gasteiger partial charge in [0.05, 0.1) is 6.61 Å². The van der Waals surface area contributed by atoms with Crippen molar-refractivity contribution in [2.75, 3.05) is 13.2 Å². The third-order valence-electron chi connectivity index (χ3n) is 4.63. The molecule has 0 aliphatic heterocycles. The maximum absolute atomic E-state index is 5.48. The molecule has 0 amide bonds. The van der Waals surface area contributed by atoms with Crippen molar-refractivity contribution < 1.29 is 4.74 Å². The number of nitrogens with one attached hydrogen (secondary N) is 1. The minimum absolute atomic E-state index is 0.514. The van der Waals surface area contributed by atoms with Gasteiger partial charge in [-0.2, -0.15) is 0 Å². The first-order valence-electron chi connectivity index (χ1n) is 7.63. The fourth-order valence-electron chi connectivity index (χ4n) is 3.77. The lowest BCUT2D eigenvalue weighted by molar-refractivity contribution is 0.103. The zero-order valence-electron chi connectivity index (χ0n) is 11.6. The van der Waals surface area contributed by atoms with Gasteiger partial charge in [-0.05, 0) is 44.9 Å². The van der Waals surface area contributed by atoms with Gasteiger partial charge in [0.25, 0.3) is 0 Å². The van der Waals surface area contributed by atoms with E-state index >= 15 is 0 Å². The fraction of sp³-hybridized carbons (Fsp3) is 1.00. The Morgan fingerprint density at radius 1 is 1.12 bits per heavy atom. The van der Waals surface area contributed by atoms with E-state index < -0.39 is 0 Å². The highest BCUT2D eigenvalue weighted by atomic mass is 16.5. The van der Waals surface area contributed by atoms with Crippen LogP contribution in [0.1, 0.15) is 58.8 Å². The second kappa shape index (κ2) is 6.75. The molecule has 2 fully saturated rings. The van der Waals surface area contributed by atoms with Gasteiger partial charge in [0, 0.05) is 18.7 Å². The van der Waals surface area contributed by atoms with Crippen LogP contribution in [0.3, 0.4) is 0 Å².